The van der Waals surface area contributed by atoms with Crippen LogP contribution in [0.25, 0.3) is 0 Å². The molecule has 6 heteroatoms. The molecule has 0 aliphatic carbocycles. The number of unbranched alkanes of at least 4 members (excludes halogenated alkanes) is 1. The number of thioether (sulfide) groups is 1. The lowest BCUT2D eigenvalue weighted by Crippen LogP contribution is -2.26. The van der Waals surface area contributed by atoms with E-state index in [1.165, 1.54) is 10.6 Å². The number of nitrogens with zero attached hydrogens (tertiary/aromatic N) is 1. The van der Waals surface area contributed by atoms with Gasteiger partial charge in [-0.05, 0) is 56.9 Å². The molecule has 23 heavy (non-hydrogen) atoms. The van der Waals surface area contributed by atoms with Crippen molar-refractivity contribution in [3.63, 3.8) is 0 Å². The van der Waals surface area contributed by atoms with Crippen LogP contribution in [0.15, 0.2) is 32.9 Å². The van der Waals surface area contributed by atoms with Crippen LogP contribution in [0.3, 0.4) is 0 Å². The quantitative estimate of drug-likeness (QED) is 0.502. The SMILES string of the molecule is Cc1csc(CCCCNC(=O)CSc2ccc(Br)cc2C)n1. The summed E-state index contributed by atoms with van der Waals surface area (Å²) >= 11 is 6.75. The third-order valence-corrected chi connectivity index (χ3v) is 6.00. The highest BCUT2D eigenvalue weighted by Gasteiger charge is 2.05. The van der Waals surface area contributed by atoms with E-state index >= 15 is 0 Å². The molecule has 0 atom stereocenters. The minimum Gasteiger partial charge on any atom is -0.355 e. The Labute approximate surface area is 154 Å². The molecule has 0 saturated heterocycles. The molecule has 124 valence electrons. The van der Waals surface area contributed by atoms with Crippen molar-refractivity contribution in [1.29, 1.82) is 0 Å². The van der Waals surface area contributed by atoms with Crippen molar-refractivity contribution in [2.24, 2.45) is 0 Å². The van der Waals surface area contributed by atoms with E-state index in [2.05, 4.69) is 44.6 Å². The van der Waals surface area contributed by atoms with Crippen molar-refractivity contribution < 1.29 is 4.79 Å². The second-order valence-corrected chi connectivity index (χ2v) is 8.26. The average molecular weight is 413 g/mol. The standard InChI is InChI=1S/C17H21BrN2OS2/c1-12-9-14(18)6-7-15(12)22-11-16(21)19-8-4-3-5-17-20-13(2)10-23-17/h6-7,9-10H,3-5,8,11H2,1-2H3,(H,19,21). The molecular weight excluding hydrogens is 392 g/mol. The first-order valence-corrected chi connectivity index (χ1v) is 10.3. The van der Waals surface area contributed by atoms with Crippen molar-refractivity contribution in [1.82, 2.24) is 10.3 Å². The number of hydrogen-bond acceptors (Lipinski definition) is 4. The zero-order valence-corrected chi connectivity index (χ0v) is 16.6. The summed E-state index contributed by atoms with van der Waals surface area (Å²) in [4.78, 5) is 17.5. The number of rotatable bonds is 8. The van der Waals surface area contributed by atoms with Crippen LogP contribution >= 0.6 is 39.0 Å². The first-order valence-electron chi connectivity index (χ1n) is 7.61. The first kappa shape index (κ1) is 18.5. The van der Waals surface area contributed by atoms with Gasteiger partial charge in [0.05, 0.1) is 10.8 Å². The molecule has 3 nitrogen and oxygen atoms in total. The van der Waals surface area contributed by atoms with E-state index in [1.54, 1.807) is 23.1 Å². The van der Waals surface area contributed by atoms with Crippen LogP contribution in [0.5, 0.6) is 0 Å². The highest BCUT2D eigenvalue weighted by atomic mass is 79.9. The molecule has 0 saturated carbocycles. The van der Waals surface area contributed by atoms with Crippen LogP contribution < -0.4 is 5.32 Å². The lowest BCUT2D eigenvalue weighted by Gasteiger charge is -2.07. The van der Waals surface area contributed by atoms with E-state index in [1.807, 2.05) is 19.1 Å². The van der Waals surface area contributed by atoms with Crippen LogP contribution in [0.2, 0.25) is 0 Å². The number of hydrogen-bond donors (Lipinski definition) is 1. The van der Waals surface area contributed by atoms with Crippen LogP contribution in [0.4, 0.5) is 0 Å². The minimum atomic E-state index is 0.0995. The number of thiazole rings is 1. The Kier molecular flexibility index (Phi) is 7.59. The number of carbonyl (C=O) groups excluding carboxylic acids is 1. The van der Waals surface area contributed by atoms with Crippen LogP contribution in [0.1, 0.15) is 29.1 Å². The van der Waals surface area contributed by atoms with Gasteiger partial charge in [-0.1, -0.05) is 15.9 Å². The topological polar surface area (TPSA) is 42.0 Å². The molecule has 0 bridgehead atoms. The molecule has 1 heterocycles. The molecule has 2 rings (SSSR count). The molecule has 0 aliphatic heterocycles. The Balaban J connectivity index is 1.59. The van der Waals surface area contributed by atoms with Gasteiger partial charge in [0.2, 0.25) is 5.91 Å². The fourth-order valence-corrected chi connectivity index (χ4v) is 4.25. The van der Waals surface area contributed by atoms with E-state index in [-0.39, 0.29) is 5.91 Å². The maximum atomic E-state index is 11.9. The summed E-state index contributed by atoms with van der Waals surface area (Å²) in [5, 5.41) is 6.26. The molecule has 0 unspecified atom stereocenters. The van der Waals surface area contributed by atoms with Crippen molar-refractivity contribution >= 4 is 44.9 Å². The fraction of sp³-hybridized carbons (Fsp3) is 0.412. The molecule has 1 N–H and O–H groups in total. The highest BCUT2D eigenvalue weighted by molar-refractivity contribution is 9.10. The van der Waals surface area contributed by atoms with Crippen molar-refractivity contribution in [3.05, 3.63) is 44.3 Å². The normalized spacial score (nSPS) is 10.7. The minimum absolute atomic E-state index is 0.0995. The lowest BCUT2D eigenvalue weighted by molar-refractivity contribution is -0.118. The zero-order valence-electron chi connectivity index (χ0n) is 13.4. The van der Waals surface area contributed by atoms with Crippen molar-refractivity contribution in [2.45, 2.75) is 38.0 Å². The van der Waals surface area contributed by atoms with Gasteiger partial charge in [-0.3, -0.25) is 4.79 Å². The third-order valence-electron chi connectivity index (χ3n) is 3.30. The van der Waals surface area contributed by atoms with Crippen molar-refractivity contribution in [2.75, 3.05) is 12.3 Å². The van der Waals surface area contributed by atoms with Gasteiger partial charge in [-0.15, -0.1) is 23.1 Å². The molecule has 0 spiro atoms. The maximum absolute atomic E-state index is 11.9. The number of nitrogens with one attached hydrogen (secondary N) is 1. The fourth-order valence-electron chi connectivity index (χ4n) is 2.12. The van der Waals surface area contributed by atoms with Crippen molar-refractivity contribution in [3.8, 4) is 0 Å². The summed E-state index contributed by atoms with van der Waals surface area (Å²) in [5.74, 6) is 0.566. The zero-order chi connectivity index (χ0) is 16.7. The molecule has 0 aliphatic rings. The van der Waals surface area contributed by atoms with Crippen LogP contribution in [-0.2, 0) is 11.2 Å². The summed E-state index contributed by atoms with van der Waals surface area (Å²) in [7, 11) is 0. The summed E-state index contributed by atoms with van der Waals surface area (Å²) in [5.41, 5.74) is 2.29. The smallest absolute Gasteiger partial charge is 0.230 e. The van der Waals surface area contributed by atoms with E-state index in [4.69, 9.17) is 0 Å². The Hall–Kier alpha value is -0.850. The second kappa shape index (κ2) is 9.45. The summed E-state index contributed by atoms with van der Waals surface area (Å²) in [6.07, 6.45) is 3.06. The molecule has 0 radical (unpaired) electrons. The largest absolute Gasteiger partial charge is 0.355 e. The van der Waals surface area contributed by atoms with Gasteiger partial charge in [0.1, 0.15) is 0 Å². The Morgan fingerprint density at radius 3 is 2.87 bits per heavy atom. The number of aryl methyl sites for hydroxylation is 3. The predicted molar refractivity (Wildman–Crippen MR) is 102 cm³/mol. The third kappa shape index (κ3) is 6.65. The lowest BCUT2D eigenvalue weighted by atomic mass is 10.2. The van der Waals surface area contributed by atoms with E-state index < -0.39 is 0 Å². The maximum Gasteiger partial charge on any atom is 0.230 e. The Bertz CT molecular complexity index is 658. The summed E-state index contributed by atoms with van der Waals surface area (Å²) in [6.45, 7) is 4.82. The van der Waals surface area contributed by atoms with Gasteiger partial charge in [0.15, 0.2) is 0 Å². The second-order valence-electron chi connectivity index (χ2n) is 5.39. The molecule has 1 aromatic carbocycles. The predicted octanol–water partition coefficient (Wildman–Crippen LogP) is 4.75. The molecule has 1 amide bonds. The number of carbonyl (C=O) groups is 1. The Morgan fingerprint density at radius 2 is 2.17 bits per heavy atom. The van der Waals surface area contributed by atoms with Gasteiger partial charge in [-0.25, -0.2) is 4.98 Å². The Morgan fingerprint density at radius 1 is 1.35 bits per heavy atom. The molecule has 0 fully saturated rings. The summed E-state index contributed by atoms with van der Waals surface area (Å²) < 4.78 is 1.07. The van der Waals surface area contributed by atoms with E-state index in [0.29, 0.717) is 5.75 Å². The monoisotopic (exact) mass is 412 g/mol. The highest BCUT2D eigenvalue weighted by Crippen LogP contribution is 2.25. The first-order chi connectivity index (χ1) is 11.0. The van der Waals surface area contributed by atoms with E-state index in [9.17, 15) is 4.79 Å². The van der Waals surface area contributed by atoms with Crippen LogP contribution in [-0.4, -0.2) is 23.2 Å². The van der Waals surface area contributed by atoms with Gasteiger partial charge >= 0.3 is 0 Å². The average Bonchev–Trinajstić information content (AvgIpc) is 2.91. The number of amides is 1. The van der Waals surface area contributed by atoms with Gasteiger partial charge in [0, 0.05) is 27.0 Å². The van der Waals surface area contributed by atoms with E-state index in [0.717, 1.165) is 40.9 Å². The van der Waals surface area contributed by atoms with Crippen LogP contribution in [0, 0.1) is 13.8 Å². The molecule has 1 aromatic heterocycles. The number of aromatic nitrogens is 1. The molecular formula is C17H21BrN2OS2. The van der Waals surface area contributed by atoms with Gasteiger partial charge < -0.3 is 5.32 Å². The summed E-state index contributed by atoms with van der Waals surface area (Å²) in [6, 6.07) is 6.13. The number of halogens is 1. The molecule has 2 aromatic rings. The van der Waals surface area contributed by atoms with Gasteiger partial charge in [0.25, 0.3) is 0 Å². The number of benzene rings is 1. The van der Waals surface area contributed by atoms with Gasteiger partial charge in [-0.2, -0.15) is 0 Å².